The molecule has 8 nitrogen and oxygen atoms in total. The summed E-state index contributed by atoms with van der Waals surface area (Å²) in [6.07, 6.45) is 1.74. The van der Waals surface area contributed by atoms with E-state index in [1.54, 1.807) is 19.1 Å². The van der Waals surface area contributed by atoms with Gasteiger partial charge in [0.15, 0.2) is 11.6 Å². The summed E-state index contributed by atoms with van der Waals surface area (Å²) in [5, 5.41) is 10.1. The Bertz CT molecular complexity index is 841. The predicted octanol–water partition coefficient (Wildman–Crippen LogP) is 1.46. The van der Waals surface area contributed by atoms with E-state index in [0.29, 0.717) is 30.2 Å². The summed E-state index contributed by atoms with van der Waals surface area (Å²) in [4.78, 5) is 12.4. The van der Waals surface area contributed by atoms with Gasteiger partial charge in [-0.3, -0.25) is 4.79 Å². The topological polar surface area (TPSA) is 105 Å². The quantitative estimate of drug-likeness (QED) is 0.786. The Kier molecular flexibility index (Phi) is 4.63. The monoisotopic (exact) mass is 350 g/mol. The molecule has 9 heteroatoms. The molecule has 0 atom stereocenters. The van der Waals surface area contributed by atoms with Crippen LogP contribution >= 0.6 is 0 Å². The maximum atomic E-state index is 12.6. The second kappa shape index (κ2) is 6.70. The van der Waals surface area contributed by atoms with Crippen molar-refractivity contribution in [1.82, 2.24) is 14.6 Å². The maximum Gasteiger partial charge on any atom is 0.243 e. The molecule has 0 radical (unpaired) electrons. The van der Waals surface area contributed by atoms with Crippen molar-refractivity contribution in [1.29, 1.82) is 0 Å². The minimum atomic E-state index is -3.54. The molecule has 24 heavy (non-hydrogen) atoms. The molecule has 2 aromatic rings. The average molecular weight is 350 g/mol. The molecular formula is C15H18N4O4S. The van der Waals surface area contributed by atoms with Gasteiger partial charge in [-0.05, 0) is 37.1 Å². The molecule has 0 amide bonds. The predicted molar refractivity (Wildman–Crippen MR) is 86.3 cm³/mol. The van der Waals surface area contributed by atoms with E-state index >= 15 is 0 Å². The molecule has 3 rings (SSSR count). The van der Waals surface area contributed by atoms with Crippen LogP contribution in [0.3, 0.4) is 0 Å². The summed E-state index contributed by atoms with van der Waals surface area (Å²) in [6, 6.07) is 6.12. The van der Waals surface area contributed by atoms with Crippen LogP contribution in [0.25, 0.3) is 0 Å². The normalized spacial score (nSPS) is 15.5. The number of Topliss-reactive ketones (excluding diaryl/α,β-unsaturated/α-hetero) is 1. The number of nitrogens with one attached hydrogen (secondary N) is 1. The van der Waals surface area contributed by atoms with Crippen molar-refractivity contribution in [2.45, 2.75) is 24.7 Å². The molecule has 0 aliphatic carbocycles. The smallest absolute Gasteiger partial charge is 0.243 e. The van der Waals surface area contributed by atoms with Crippen molar-refractivity contribution >= 4 is 21.6 Å². The first-order valence-electron chi connectivity index (χ1n) is 7.65. The number of carbonyl (C=O) groups is 1. The van der Waals surface area contributed by atoms with E-state index in [1.165, 1.54) is 16.4 Å². The molecule has 1 aliphatic heterocycles. The fraction of sp³-hybridized carbons (Fsp3) is 0.400. The number of ketones is 1. The van der Waals surface area contributed by atoms with Gasteiger partial charge in [0, 0.05) is 18.7 Å². The van der Waals surface area contributed by atoms with Crippen LogP contribution in [0, 0.1) is 6.92 Å². The van der Waals surface area contributed by atoms with Crippen LogP contribution in [0.15, 0.2) is 33.8 Å². The number of anilines is 1. The van der Waals surface area contributed by atoms with Gasteiger partial charge in [-0.2, -0.15) is 4.31 Å². The van der Waals surface area contributed by atoms with E-state index in [0.717, 1.165) is 12.8 Å². The lowest BCUT2D eigenvalue weighted by molar-refractivity contribution is 0.101. The highest BCUT2D eigenvalue weighted by Gasteiger charge is 2.27. The Morgan fingerprint density at radius 2 is 2.04 bits per heavy atom. The van der Waals surface area contributed by atoms with Gasteiger partial charge in [0.2, 0.25) is 10.0 Å². The van der Waals surface area contributed by atoms with Crippen LogP contribution in [-0.4, -0.2) is 48.5 Å². The highest BCUT2D eigenvalue weighted by atomic mass is 32.2. The minimum absolute atomic E-state index is 0.0255. The number of carbonyl (C=O) groups excluding carboxylic acids is 1. The van der Waals surface area contributed by atoms with Gasteiger partial charge in [0.05, 0.1) is 11.4 Å². The molecule has 1 aromatic heterocycles. The first kappa shape index (κ1) is 16.6. The van der Waals surface area contributed by atoms with Gasteiger partial charge >= 0.3 is 0 Å². The summed E-state index contributed by atoms with van der Waals surface area (Å²) in [7, 11) is -3.54. The second-order valence-electron chi connectivity index (χ2n) is 5.61. The van der Waals surface area contributed by atoms with E-state index < -0.39 is 10.0 Å². The molecule has 1 N–H and O–H groups in total. The zero-order chi connectivity index (χ0) is 17.2. The summed E-state index contributed by atoms with van der Waals surface area (Å²) < 4.78 is 31.1. The van der Waals surface area contributed by atoms with Crippen LogP contribution in [0.5, 0.6) is 0 Å². The Hall–Kier alpha value is -2.26. The fourth-order valence-electron chi connectivity index (χ4n) is 2.57. The second-order valence-corrected chi connectivity index (χ2v) is 7.55. The van der Waals surface area contributed by atoms with Gasteiger partial charge in [0.25, 0.3) is 0 Å². The lowest BCUT2D eigenvalue weighted by Gasteiger charge is -2.15. The lowest BCUT2D eigenvalue weighted by atomic mass is 10.1. The van der Waals surface area contributed by atoms with Crippen molar-refractivity contribution in [3.8, 4) is 0 Å². The SMILES string of the molecule is Cc1nonc1NCC(=O)c1cccc(S(=O)(=O)N2CCCC2)c1. The zero-order valence-corrected chi connectivity index (χ0v) is 14.0. The van der Waals surface area contributed by atoms with Crippen molar-refractivity contribution in [3.63, 3.8) is 0 Å². The van der Waals surface area contributed by atoms with Crippen molar-refractivity contribution in [2.24, 2.45) is 0 Å². The van der Waals surface area contributed by atoms with Crippen LogP contribution in [0.4, 0.5) is 5.82 Å². The number of hydrogen-bond donors (Lipinski definition) is 1. The number of hydrogen-bond acceptors (Lipinski definition) is 7. The van der Waals surface area contributed by atoms with E-state index in [1.807, 2.05) is 0 Å². The molecular weight excluding hydrogens is 332 g/mol. The summed E-state index contributed by atoms with van der Waals surface area (Å²) >= 11 is 0. The Balaban J connectivity index is 1.75. The molecule has 0 spiro atoms. The number of sulfonamides is 1. The van der Waals surface area contributed by atoms with E-state index in [2.05, 4.69) is 20.3 Å². The molecule has 128 valence electrons. The van der Waals surface area contributed by atoms with E-state index in [-0.39, 0.29) is 17.2 Å². The third-order valence-corrected chi connectivity index (χ3v) is 5.82. The molecule has 1 saturated heterocycles. The van der Waals surface area contributed by atoms with Crippen molar-refractivity contribution < 1.29 is 17.8 Å². The molecule has 1 fully saturated rings. The minimum Gasteiger partial charge on any atom is -0.358 e. The van der Waals surface area contributed by atoms with Crippen LogP contribution < -0.4 is 5.32 Å². The fourth-order valence-corrected chi connectivity index (χ4v) is 4.13. The molecule has 2 heterocycles. The molecule has 0 unspecified atom stereocenters. The Labute approximate surface area is 139 Å². The summed E-state index contributed by atoms with van der Waals surface area (Å²) in [5.41, 5.74) is 0.880. The van der Waals surface area contributed by atoms with Crippen LogP contribution in [0.1, 0.15) is 28.9 Å². The van der Waals surface area contributed by atoms with Crippen LogP contribution in [-0.2, 0) is 10.0 Å². The van der Waals surface area contributed by atoms with Crippen molar-refractivity contribution in [3.05, 3.63) is 35.5 Å². The lowest BCUT2D eigenvalue weighted by Crippen LogP contribution is -2.28. The van der Waals surface area contributed by atoms with Gasteiger partial charge in [-0.15, -0.1) is 0 Å². The highest BCUT2D eigenvalue weighted by molar-refractivity contribution is 7.89. The first-order chi connectivity index (χ1) is 11.5. The number of rotatable bonds is 6. The number of benzene rings is 1. The zero-order valence-electron chi connectivity index (χ0n) is 13.2. The molecule has 1 aromatic carbocycles. The summed E-state index contributed by atoms with van der Waals surface area (Å²) in [5.74, 6) is 0.153. The van der Waals surface area contributed by atoms with Gasteiger partial charge in [-0.25, -0.2) is 13.0 Å². The third-order valence-electron chi connectivity index (χ3n) is 3.93. The average Bonchev–Trinajstić information content (AvgIpc) is 3.25. The van der Waals surface area contributed by atoms with Crippen molar-refractivity contribution in [2.75, 3.05) is 25.0 Å². The van der Waals surface area contributed by atoms with Crippen LogP contribution in [0.2, 0.25) is 0 Å². The Morgan fingerprint density at radius 1 is 1.29 bits per heavy atom. The standard InChI is InChI=1S/C15H18N4O4S/c1-11-15(18-23-17-11)16-10-14(20)12-5-4-6-13(9-12)24(21,22)19-7-2-3-8-19/h4-6,9H,2-3,7-8,10H2,1H3,(H,16,18). The molecule has 1 aliphatic rings. The molecule has 0 saturated carbocycles. The van der Waals surface area contributed by atoms with Gasteiger partial charge in [0.1, 0.15) is 5.69 Å². The Morgan fingerprint density at radius 3 is 2.71 bits per heavy atom. The maximum absolute atomic E-state index is 12.6. The van der Waals surface area contributed by atoms with E-state index in [9.17, 15) is 13.2 Å². The molecule has 0 bridgehead atoms. The largest absolute Gasteiger partial charge is 0.358 e. The number of nitrogens with zero attached hydrogens (tertiary/aromatic N) is 3. The van der Waals surface area contributed by atoms with Gasteiger partial charge < -0.3 is 5.32 Å². The number of aryl methyl sites for hydroxylation is 1. The highest BCUT2D eigenvalue weighted by Crippen LogP contribution is 2.21. The third kappa shape index (κ3) is 3.31. The first-order valence-corrected chi connectivity index (χ1v) is 9.09. The summed E-state index contributed by atoms with van der Waals surface area (Å²) in [6.45, 7) is 2.73. The van der Waals surface area contributed by atoms with Gasteiger partial charge in [-0.1, -0.05) is 17.3 Å². The number of aromatic nitrogens is 2. The van der Waals surface area contributed by atoms with E-state index in [4.69, 9.17) is 0 Å².